The second-order valence-corrected chi connectivity index (χ2v) is 7.99. The first kappa shape index (κ1) is 18.5. The smallest absolute Gasteiger partial charge is 0.260 e. The van der Waals surface area contributed by atoms with E-state index in [2.05, 4.69) is 5.32 Å². The van der Waals surface area contributed by atoms with Crippen LogP contribution in [0.5, 0.6) is 5.75 Å². The predicted octanol–water partition coefficient (Wildman–Crippen LogP) is 4.52. The topological polar surface area (TPSA) is 38.3 Å². The minimum absolute atomic E-state index is 0.0673. The number of halogens is 1. The molecule has 1 aromatic carbocycles. The normalized spacial score (nSPS) is 16.3. The molecule has 1 amide bonds. The standard InChI is InChI=1S/C18H26ClNO2S/c1-12-10-15(11-13(2)17(12)19)22-14(3)18(21)20-8-9-23-16-6-4-5-7-16/h10-11,14,16H,4-9H2,1-3H3,(H,20,21)/t14-/m1/s1. The molecule has 1 fully saturated rings. The Bertz CT molecular complexity index is 521. The monoisotopic (exact) mass is 355 g/mol. The van der Waals surface area contributed by atoms with Gasteiger partial charge in [-0.25, -0.2) is 0 Å². The highest BCUT2D eigenvalue weighted by molar-refractivity contribution is 7.99. The van der Waals surface area contributed by atoms with E-state index in [0.29, 0.717) is 12.3 Å². The van der Waals surface area contributed by atoms with Crippen LogP contribution in [-0.4, -0.2) is 29.6 Å². The summed E-state index contributed by atoms with van der Waals surface area (Å²) in [5.74, 6) is 1.59. The summed E-state index contributed by atoms with van der Waals surface area (Å²) in [6, 6.07) is 3.74. The fourth-order valence-corrected chi connectivity index (χ4v) is 4.16. The molecule has 128 valence electrons. The third kappa shape index (κ3) is 5.61. The zero-order valence-electron chi connectivity index (χ0n) is 14.2. The highest BCUT2D eigenvalue weighted by Crippen LogP contribution is 2.29. The van der Waals surface area contributed by atoms with Crippen LogP contribution in [0, 0.1) is 13.8 Å². The summed E-state index contributed by atoms with van der Waals surface area (Å²) < 4.78 is 5.75. The third-order valence-electron chi connectivity index (χ3n) is 4.15. The minimum atomic E-state index is -0.508. The van der Waals surface area contributed by atoms with Crippen LogP contribution in [0.2, 0.25) is 5.02 Å². The van der Waals surface area contributed by atoms with Gasteiger partial charge < -0.3 is 10.1 Å². The second kappa shape index (κ2) is 8.84. The molecule has 0 aromatic heterocycles. The van der Waals surface area contributed by atoms with Crippen molar-refractivity contribution in [3.05, 3.63) is 28.3 Å². The van der Waals surface area contributed by atoms with Crippen LogP contribution >= 0.6 is 23.4 Å². The van der Waals surface area contributed by atoms with E-state index in [9.17, 15) is 4.79 Å². The fourth-order valence-electron chi connectivity index (χ4n) is 2.83. The van der Waals surface area contributed by atoms with Gasteiger partial charge in [-0.2, -0.15) is 11.8 Å². The van der Waals surface area contributed by atoms with Crippen LogP contribution in [0.25, 0.3) is 0 Å². The Morgan fingerprint density at radius 1 is 1.35 bits per heavy atom. The molecule has 0 saturated heterocycles. The van der Waals surface area contributed by atoms with Gasteiger partial charge in [0.1, 0.15) is 5.75 Å². The van der Waals surface area contributed by atoms with E-state index in [1.54, 1.807) is 6.92 Å². The Hall–Kier alpha value is -0.870. The maximum atomic E-state index is 12.1. The average molecular weight is 356 g/mol. The molecule has 0 radical (unpaired) electrons. The van der Waals surface area contributed by atoms with Crippen LogP contribution in [0.1, 0.15) is 43.7 Å². The Labute approximate surface area is 148 Å². The summed E-state index contributed by atoms with van der Waals surface area (Å²) in [5.41, 5.74) is 1.92. The SMILES string of the molecule is Cc1cc(O[C@H](C)C(=O)NCCSC2CCCC2)cc(C)c1Cl. The molecule has 1 saturated carbocycles. The Kier molecular flexibility index (Phi) is 7.09. The van der Waals surface area contributed by atoms with Crippen molar-refractivity contribution in [2.75, 3.05) is 12.3 Å². The van der Waals surface area contributed by atoms with Gasteiger partial charge >= 0.3 is 0 Å². The maximum absolute atomic E-state index is 12.1. The van der Waals surface area contributed by atoms with Gasteiger partial charge in [-0.15, -0.1) is 0 Å². The van der Waals surface area contributed by atoms with Crippen LogP contribution in [-0.2, 0) is 4.79 Å². The second-order valence-electron chi connectivity index (χ2n) is 6.20. The van der Waals surface area contributed by atoms with E-state index >= 15 is 0 Å². The van der Waals surface area contributed by atoms with E-state index in [-0.39, 0.29) is 5.91 Å². The molecule has 0 bridgehead atoms. The maximum Gasteiger partial charge on any atom is 0.260 e. The molecule has 0 aliphatic heterocycles. The number of hydrogen-bond donors (Lipinski definition) is 1. The molecule has 1 aliphatic carbocycles. The summed E-state index contributed by atoms with van der Waals surface area (Å²) >= 11 is 8.13. The molecule has 0 heterocycles. The molecule has 3 nitrogen and oxygen atoms in total. The Morgan fingerprint density at radius 2 is 1.96 bits per heavy atom. The first-order chi connectivity index (χ1) is 11.0. The number of rotatable bonds is 7. The Morgan fingerprint density at radius 3 is 2.57 bits per heavy atom. The summed E-state index contributed by atoms with van der Waals surface area (Å²) in [6.07, 6.45) is 4.86. The lowest BCUT2D eigenvalue weighted by Crippen LogP contribution is -2.37. The van der Waals surface area contributed by atoms with Crippen LogP contribution in [0.4, 0.5) is 0 Å². The van der Waals surface area contributed by atoms with Crippen LogP contribution < -0.4 is 10.1 Å². The number of ether oxygens (including phenoxy) is 1. The summed E-state index contributed by atoms with van der Waals surface area (Å²) in [5, 5.41) is 4.50. The zero-order valence-corrected chi connectivity index (χ0v) is 15.7. The van der Waals surface area contributed by atoms with Crippen molar-refractivity contribution in [1.82, 2.24) is 5.32 Å². The minimum Gasteiger partial charge on any atom is -0.481 e. The molecule has 1 aromatic rings. The molecule has 1 atom stereocenters. The lowest BCUT2D eigenvalue weighted by atomic mass is 10.1. The lowest BCUT2D eigenvalue weighted by Gasteiger charge is -2.16. The number of carbonyl (C=O) groups is 1. The molecule has 2 rings (SSSR count). The van der Waals surface area contributed by atoms with Crippen molar-refractivity contribution >= 4 is 29.3 Å². The van der Waals surface area contributed by atoms with Crippen molar-refractivity contribution in [3.8, 4) is 5.75 Å². The molecule has 0 spiro atoms. The van der Waals surface area contributed by atoms with Crippen molar-refractivity contribution in [1.29, 1.82) is 0 Å². The molecule has 5 heteroatoms. The van der Waals surface area contributed by atoms with Gasteiger partial charge in [0.05, 0.1) is 0 Å². The van der Waals surface area contributed by atoms with Crippen molar-refractivity contribution in [2.24, 2.45) is 0 Å². The van der Waals surface area contributed by atoms with E-state index in [1.165, 1.54) is 25.7 Å². The highest BCUT2D eigenvalue weighted by Gasteiger charge is 2.17. The van der Waals surface area contributed by atoms with Crippen molar-refractivity contribution in [3.63, 3.8) is 0 Å². The van der Waals surface area contributed by atoms with Gasteiger partial charge in [0.25, 0.3) is 5.91 Å². The number of aryl methyl sites for hydroxylation is 2. The van der Waals surface area contributed by atoms with Crippen LogP contribution in [0.3, 0.4) is 0 Å². The Balaban J connectivity index is 1.73. The van der Waals surface area contributed by atoms with Gasteiger partial charge in [0.2, 0.25) is 0 Å². The fraction of sp³-hybridized carbons (Fsp3) is 0.611. The van der Waals surface area contributed by atoms with Gasteiger partial charge in [-0.1, -0.05) is 24.4 Å². The predicted molar refractivity (Wildman–Crippen MR) is 98.7 cm³/mol. The summed E-state index contributed by atoms with van der Waals surface area (Å²) in [6.45, 7) is 6.35. The van der Waals surface area contributed by atoms with E-state index in [0.717, 1.165) is 27.2 Å². The van der Waals surface area contributed by atoms with E-state index in [4.69, 9.17) is 16.3 Å². The quantitative estimate of drug-likeness (QED) is 0.731. The van der Waals surface area contributed by atoms with E-state index in [1.807, 2.05) is 37.7 Å². The molecular formula is C18H26ClNO2S. The number of benzene rings is 1. The number of carbonyl (C=O) groups excluding carboxylic acids is 1. The largest absolute Gasteiger partial charge is 0.481 e. The number of hydrogen-bond acceptors (Lipinski definition) is 3. The zero-order chi connectivity index (χ0) is 16.8. The van der Waals surface area contributed by atoms with Crippen molar-refractivity contribution in [2.45, 2.75) is 57.8 Å². The molecule has 0 unspecified atom stereocenters. The number of amides is 1. The van der Waals surface area contributed by atoms with Gasteiger partial charge in [-0.3, -0.25) is 4.79 Å². The molecule has 23 heavy (non-hydrogen) atoms. The molecule has 1 N–H and O–H groups in total. The molecule has 1 aliphatic rings. The first-order valence-corrected chi connectivity index (χ1v) is 9.72. The third-order valence-corrected chi connectivity index (χ3v) is 6.13. The highest BCUT2D eigenvalue weighted by atomic mass is 35.5. The summed E-state index contributed by atoms with van der Waals surface area (Å²) in [4.78, 5) is 12.1. The van der Waals surface area contributed by atoms with Gasteiger partial charge in [-0.05, 0) is 56.9 Å². The van der Waals surface area contributed by atoms with Crippen molar-refractivity contribution < 1.29 is 9.53 Å². The van der Waals surface area contributed by atoms with Crippen LogP contribution in [0.15, 0.2) is 12.1 Å². The first-order valence-electron chi connectivity index (χ1n) is 8.30. The average Bonchev–Trinajstić information content (AvgIpc) is 3.02. The van der Waals surface area contributed by atoms with Gasteiger partial charge in [0, 0.05) is 22.6 Å². The number of thioether (sulfide) groups is 1. The van der Waals surface area contributed by atoms with E-state index < -0.39 is 6.10 Å². The number of nitrogens with one attached hydrogen (secondary N) is 1. The lowest BCUT2D eigenvalue weighted by molar-refractivity contribution is -0.127. The molecular weight excluding hydrogens is 330 g/mol. The van der Waals surface area contributed by atoms with Gasteiger partial charge in [0.15, 0.2) is 6.10 Å². The summed E-state index contributed by atoms with van der Waals surface area (Å²) in [7, 11) is 0.